The Morgan fingerprint density at radius 1 is 1.20 bits per heavy atom. The molecule has 0 spiro atoms. The van der Waals surface area contributed by atoms with Gasteiger partial charge in [0.1, 0.15) is 5.58 Å². The van der Waals surface area contributed by atoms with Crippen LogP contribution in [-0.4, -0.2) is 11.1 Å². The summed E-state index contributed by atoms with van der Waals surface area (Å²) in [5.41, 5.74) is 1.61. The van der Waals surface area contributed by atoms with Crippen molar-refractivity contribution >= 4 is 56.1 Å². The monoisotopic (exact) mass is 440 g/mol. The zero-order chi connectivity index (χ0) is 18.1. The van der Waals surface area contributed by atoms with Gasteiger partial charge in [0.25, 0.3) is 0 Å². The van der Waals surface area contributed by atoms with Gasteiger partial charge in [0, 0.05) is 32.4 Å². The van der Waals surface area contributed by atoms with E-state index < -0.39 is 18.0 Å². The molecular formula is C18H11BrCl2O4. The SMILES string of the molecule is O=C(O)Cc1c(-c2cccc(Cl)c2)c2cc(CBr)c(Cl)cc2oc1=O. The molecule has 0 aliphatic heterocycles. The summed E-state index contributed by atoms with van der Waals surface area (Å²) in [6.07, 6.45) is -0.452. The first-order valence-electron chi connectivity index (χ1n) is 7.22. The predicted molar refractivity (Wildman–Crippen MR) is 102 cm³/mol. The Morgan fingerprint density at radius 3 is 2.60 bits per heavy atom. The van der Waals surface area contributed by atoms with Crippen LogP contribution < -0.4 is 5.63 Å². The minimum Gasteiger partial charge on any atom is -0.481 e. The lowest BCUT2D eigenvalue weighted by molar-refractivity contribution is -0.136. The fraction of sp³-hybridized carbons (Fsp3) is 0.111. The van der Waals surface area contributed by atoms with Crippen LogP contribution in [0.3, 0.4) is 0 Å². The van der Waals surface area contributed by atoms with E-state index in [1.54, 1.807) is 36.4 Å². The van der Waals surface area contributed by atoms with Crippen LogP contribution in [0.4, 0.5) is 0 Å². The Bertz CT molecular complexity index is 1040. The molecule has 7 heteroatoms. The van der Waals surface area contributed by atoms with Crippen molar-refractivity contribution in [3.05, 3.63) is 68.0 Å². The topological polar surface area (TPSA) is 67.5 Å². The van der Waals surface area contributed by atoms with Crippen molar-refractivity contribution in [3.8, 4) is 11.1 Å². The van der Waals surface area contributed by atoms with Crippen molar-refractivity contribution in [2.24, 2.45) is 0 Å². The number of benzene rings is 2. The van der Waals surface area contributed by atoms with Crippen molar-refractivity contribution in [1.82, 2.24) is 0 Å². The number of hydrogen-bond donors (Lipinski definition) is 1. The van der Waals surface area contributed by atoms with E-state index >= 15 is 0 Å². The van der Waals surface area contributed by atoms with E-state index in [0.29, 0.717) is 37.5 Å². The Kier molecular flexibility index (Phi) is 5.18. The molecule has 0 unspecified atom stereocenters. The Balaban J connectivity index is 2.46. The smallest absolute Gasteiger partial charge is 0.340 e. The molecule has 128 valence electrons. The summed E-state index contributed by atoms with van der Waals surface area (Å²) in [5.74, 6) is -1.12. The molecule has 3 aromatic rings. The summed E-state index contributed by atoms with van der Waals surface area (Å²) in [5, 5.41) is 11.2. The zero-order valence-corrected chi connectivity index (χ0v) is 15.8. The van der Waals surface area contributed by atoms with Crippen LogP contribution in [0.1, 0.15) is 11.1 Å². The third-order valence-electron chi connectivity index (χ3n) is 3.75. The molecule has 0 atom stereocenters. The van der Waals surface area contributed by atoms with E-state index in [1.807, 2.05) is 0 Å². The molecule has 1 aromatic heterocycles. The Labute approximate surface area is 161 Å². The van der Waals surface area contributed by atoms with E-state index in [2.05, 4.69) is 15.9 Å². The number of carbonyl (C=O) groups is 1. The predicted octanol–water partition coefficient (Wildman–Crippen LogP) is 5.29. The maximum Gasteiger partial charge on any atom is 0.340 e. The van der Waals surface area contributed by atoms with E-state index in [4.69, 9.17) is 27.6 Å². The first-order valence-corrected chi connectivity index (χ1v) is 9.10. The molecule has 0 fully saturated rings. The molecule has 0 bridgehead atoms. The second-order valence-electron chi connectivity index (χ2n) is 5.40. The lowest BCUT2D eigenvalue weighted by Gasteiger charge is -2.13. The number of halogens is 3. The molecule has 0 saturated heterocycles. The van der Waals surface area contributed by atoms with Gasteiger partial charge in [-0.15, -0.1) is 0 Å². The molecule has 1 heterocycles. The molecular weight excluding hydrogens is 431 g/mol. The van der Waals surface area contributed by atoms with Gasteiger partial charge in [-0.1, -0.05) is 51.3 Å². The number of carboxylic acids is 1. The van der Waals surface area contributed by atoms with Gasteiger partial charge in [0.2, 0.25) is 0 Å². The van der Waals surface area contributed by atoms with Gasteiger partial charge in [0.15, 0.2) is 0 Å². The number of hydrogen-bond acceptors (Lipinski definition) is 3. The van der Waals surface area contributed by atoms with Gasteiger partial charge in [-0.3, -0.25) is 4.79 Å². The number of fused-ring (bicyclic) bond motifs is 1. The van der Waals surface area contributed by atoms with Crippen molar-refractivity contribution < 1.29 is 14.3 Å². The van der Waals surface area contributed by atoms with E-state index in [-0.39, 0.29) is 5.56 Å². The molecule has 1 N–H and O–H groups in total. The summed E-state index contributed by atoms with van der Waals surface area (Å²) in [7, 11) is 0. The van der Waals surface area contributed by atoms with Gasteiger partial charge in [-0.25, -0.2) is 4.79 Å². The Morgan fingerprint density at radius 2 is 1.96 bits per heavy atom. The Hall–Kier alpha value is -1.82. The van der Waals surface area contributed by atoms with Crippen LogP contribution >= 0.6 is 39.1 Å². The molecule has 4 nitrogen and oxygen atoms in total. The number of alkyl halides is 1. The van der Waals surface area contributed by atoms with Crippen LogP contribution in [0.5, 0.6) is 0 Å². The fourth-order valence-corrected chi connectivity index (χ4v) is 3.73. The molecule has 0 amide bonds. The summed E-state index contributed by atoms with van der Waals surface area (Å²) in [6.45, 7) is 0. The summed E-state index contributed by atoms with van der Waals surface area (Å²) >= 11 is 15.6. The number of aliphatic carboxylic acids is 1. The van der Waals surface area contributed by atoms with Gasteiger partial charge in [-0.2, -0.15) is 0 Å². The first kappa shape index (κ1) is 18.0. The maximum absolute atomic E-state index is 12.4. The first-order chi connectivity index (χ1) is 11.9. The minimum atomic E-state index is -1.12. The van der Waals surface area contributed by atoms with Crippen LogP contribution in [-0.2, 0) is 16.5 Å². The summed E-state index contributed by atoms with van der Waals surface area (Å²) in [6, 6.07) is 10.3. The average Bonchev–Trinajstić information content (AvgIpc) is 2.55. The minimum absolute atomic E-state index is 0.0742. The lowest BCUT2D eigenvalue weighted by Crippen LogP contribution is -2.14. The highest BCUT2D eigenvalue weighted by molar-refractivity contribution is 9.08. The van der Waals surface area contributed by atoms with Gasteiger partial charge in [-0.05, 0) is 29.3 Å². The summed E-state index contributed by atoms with van der Waals surface area (Å²) in [4.78, 5) is 23.6. The second-order valence-corrected chi connectivity index (χ2v) is 6.80. The highest BCUT2D eigenvalue weighted by atomic mass is 79.9. The van der Waals surface area contributed by atoms with Crippen molar-refractivity contribution in [2.75, 3.05) is 0 Å². The standard InChI is InChI=1S/C18H11BrCl2O4/c19-8-10-5-12-15(7-14(10)21)25-18(24)13(6-16(22)23)17(12)9-2-1-3-11(20)4-9/h1-5,7H,6,8H2,(H,22,23). The van der Waals surface area contributed by atoms with Crippen LogP contribution in [0.15, 0.2) is 45.6 Å². The number of carboxylic acid groups (broad SMARTS) is 1. The van der Waals surface area contributed by atoms with Gasteiger partial charge >= 0.3 is 11.6 Å². The van der Waals surface area contributed by atoms with Crippen molar-refractivity contribution in [2.45, 2.75) is 11.8 Å². The molecule has 0 radical (unpaired) electrons. The van der Waals surface area contributed by atoms with Gasteiger partial charge < -0.3 is 9.52 Å². The largest absolute Gasteiger partial charge is 0.481 e. The third-order valence-corrected chi connectivity index (χ3v) is 4.95. The van der Waals surface area contributed by atoms with Crippen LogP contribution in [0.25, 0.3) is 22.1 Å². The highest BCUT2D eigenvalue weighted by Gasteiger charge is 2.20. The van der Waals surface area contributed by atoms with E-state index in [9.17, 15) is 14.7 Å². The molecule has 0 aliphatic carbocycles. The normalized spacial score (nSPS) is 11.0. The van der Waals surface area contributed by atoms with Gasteiger partial charge in [0.05, 0.1) is 12.0 Å². The second kappa shape index (κ2) is 7.20. The average molecular weight is 442 g/mol. The summed E-state index contributed by atoms with van der Waals surface area (Å²) < 4.78 is 5.31. The quantitative estimate of drug-likeness (QED) is 0.441. The molecule has 0 saturated carbocycles. The van der Waals surface area contributed by atoms with E-state index in [1.165, 1.54) is 0 Å². The maximum atomic E-state index is 12.4. The molecule has 25 heavy (non-hydrogen) atoms. The molecule has 3 rings (SSSR count). The van der Waals surface area contributed by atoms with Crippen molar-refractivity contribution in [1.29, 1.82) is 0 Å². The fourth-order valence-electron chi connectivity index (χ4n) is 2.69. The van der Waals surface area contributed by atoms with E-state index in [0.717, 1.165) is 5.56 Å². The molecule has 0 aliphatic rings. The molecule has 2 aromatic carbocycles. The zero-order valence-electron chi connectivity index (χ0n) is 12.7. The van der Waals surface area contributed by atoms with Crippen LogP contribution in [0, 0.1) is 0 Å². The lowest BCUT2D eigenvalue weighted by atomic mass is 9.94. The number of rotatable bonds is 4. The van der Waals surface area contributed by atoms with Crippen LogP contribution in [0.2, 0.25) is 10.0 Å². The third kappa shape index (κ3) is 3.59. The van der Waals surface area contributed by atoms with Crippen molar-refractivity contribution in [3.63, 3.8) is 0 Å². The highest BCUT2D eigenvalue weighted by Crippen LogP contribution is 2.35.